The zero-order valence-corrected chi connectivity index (χ0v) is 14.8. The molecule has 0 aliphatic carbocycles. The number of amides is 1. The molecule has 1 aliphatic heterocycles. The van der Waals surface area contributed by atoms with Crippen LogP contribution in [0, 0.1) is 12.8 Å². The Balaban J connectivity index is 1.59. The van der Waals surface area contributed by atoms with Gasteiger partial charge in [-0.05, 0) is 37.5 Å². The number of hydrogen-bond donors (Lipinski definition) is 0. The second kappa shape index (κ2) is 7.59. The zero-order valence-electron chi connectivity index (χ0n) is 14.8. The fourth-order valence-electron chi connectivity index (χ4n) is 3.16. The van der Waals surface area contributed by atoms with Gasteiger partial charge in [0.15, 0.2) is 6.61 Å². The lowest BCUT2D eigenvalue weighted by Gasteiger charge is -2.30. The molecule has 0 atom stereocenters. The number of aryl methyl sites for hydroxylation is 1. The van der Waals surface area contributed by atoms with Crippen LogP contribution in [-0.2, 0) is 14.3 Å². The number of piperidine rings is 1. The van der Waals surface area contributed by atoms with Crippen LogP contribution in [0.1, 0.15) is 18.4 Å². The van der Waals surface area contributed by atoms with Crippen molar-refractivity contribution in [2.75, 3.05) is 26.8 Å². The van der Waals surface area contributed by atoms with E-state index in [0.29, 0.717) is 37.3 Å². The van der Waals surface area contributed by atoms with Gasteiger partial charge in [-0.1, -0.05) is 0 Å². The van der Waals surface area contributed by atoms with E-state index in [1.807, 2.05) is 6.92 Å². The number of fused-ring (bicyclic) bond motifs is 1. The molecule has 0 radical (unpaired) electrons. The lowest BCUT2D eigenvalue weighted by molar-refractivity contribution is -0.149. The molecule has 2 heterocycles. The molecule has 3 rings (SSSR count). The Kier molecular flexibility index (Phi) is 5.25. The number of rotatable bonds is 4. The average Bonchev–Trinajstić information content (AvgIpc) is 2.65. The van der Waals surface area contributed by atoms with Crippen molar-refractivity contribution >= 4 is 22.8 Å². The van der Waals surface area contributed by atoms with E-state index in [4.69, 9.17) is 13.9 Å². The van der Waals surface area contributed by atoms with Crippen molar-refractivity contribution in [2.24, 2.45) is 5.92 Å². The maximum Gasteiger partial charge on any atom is 0.336 e. The van der Waals surface area contributed by atoms with Crippen molar-refractivity contribution in [3.05, 3.63) is 40.2 Å². The molecule has 1 aromatic carbocycles. The first-order valence-corrected chi connectivity index (χ1v) is 8.51. The van der Waals surface area contributed by atoms with Gasteiger partial charge in [0.05, 0.1) is 13.0 Å². The van der Waals surface area contributed by atoms with E-state index in [0.717, 1.165) is 10.9 Å². The minimum Gasteiger partial charge on any atom is -0.484 e. The van der Waals surface area contributed by atoms with Crippen molar-refractivity contribution in [3.8, 4) is 5.75 Å². The standard InChI is InChI=1S/C19H21NO6/c1-12-9-18(22)26-16-10-14(3-4-15(12)16)25-11-17(21)20-7-5-13(6-8-20)19(23)24-2/h3-4,9-10,13H,5-8,11H2,1-2H3. The van der Waals surface area contributed by atoms with Crippen LogP contribution in [0.25, 0.3) is 11.0 Å². The summed E-state index contributed by atoms with van der Waals surface area (Å²) in [6.45, 7) is 2.74. The predicted molar refractivity (Wildman–Crippen MR) is 94.0 cm³/mol. The van der Waals surface area contributed by atoms with Gasteiger partial charge in [-0.25, -0.2) is 4.79 Å². The zero-order chi connectivity index (χ0) is 18.7. The number of carbonyl (C=O) groups excluding carboxylic acids is 2. The summed E-state index contributed by atoms with van der Waals surface area (Å²) in [5.74, 6) is -0.0407. The molecular formula is C19H21NO6. The van der Waals surface area contributed by atoms with E-state index in [2.05, 4.69) is 0 Å². The van der Waals surface area contributed by atoms with E-state index >= 15 is 0 Å². The van der Waals surface area contributed by atoms with E-state index in [1.165, 1.54) is 13.2 Å². The van der Waals surface area contributed by atoms with Crippen molar-refractivity contribution in [1.29, 1.82) is 0 Å². The smallest absolute Gasteiger partial charge is 0.336 e. The molecule has 0 spiro atoms. The Bertz CT molecular complexity index is 879. The summed E-state index contributed by atoms with van der Waals surface area (Å²) < 4.78 is 15.5. The van der Waals surface area contributed by atoms with Gasteiger partial charge in [-0.3, -0.25) is 9.59 Å². The number of nitrogens with zero attached hydrogens (tertiary/aromatic N) is 1. The van der Waals surface area contributed by atoms with Gasteiger partial charge >= 0.3 is 11.6 Å². The Morgan fingerprint density at radius 2 is 1.96 bits per heavy atom. The lowest BCUT2D eigenvalue weighted by Crippen LogP contribution is -2.42. The monoisotopic (exact) mass is 359 g/mol. The number of esters is 1. The number of ether oxygens (including phenoxy) is 2. The maximum atomic E-state index is 12.3. The largest absolute Gasteiger partial charge is 0.484 e. The summed E-state index contributed by atoms with van der Waals surface area (Å²) in [4.78, 5) is 37.0. The summed E-state index contributed by atoms with van der Waals surface area (Å²) in [6.07, 6.45) is 1.19. The van der Waals surface area contributed by atoms with Crippen LogP contribution in [-0.4, -0.2) is 43.6 Å². The summed E-state index contributed by atoms with van der Waals surface area (Å²) in [6, 6.07) is 6.59. The van der Waals surface area contributed by atoms with Crippen molar-refractivity contribution < 1.29 is 23.5 Å². The van der Waals surface area contributed by atoms with Crippen LogP contribution in [0.5, 0.6) is 5.75 Å². The second-order valence-electron chi connectivity index (χ2n) is 6.37. The topological polar surface area (TPSA) is 86.0 Å². The van der Waals surface area contributed by atoms with E-state index in [9.17, 15) is 14.4 Å². The fourth-order valence-corrected chi connectivity index (χ4v) is 3.16. The third-order valence-corrected chi connectivity index (χ3v) is 4.67. The lowest BCUT2D eigenvalue weighted by atomic mass is 9.97. The molecule has 0 unspecified atom stereocenters. The SMILES string of the molecule is COC(=O)C1CCN(C(=O)COc2ccc3c(C)cc(=O)oc3c2)CC1. The molecule has 1 saturated heterocycles. The molecule has 138 valence electrons. The number of methoxy groups -OCH3 is 1. The Morgan fingerprint density at radius 1 is 1.23 bits per heavy atom. The normalized spacial score (nSPS) is 15.1. The highest BCUT2D eigenvalue weighted by molar-refractivity contribution is 5.82. The molecule has 1 aromatic heterocycles. The second-order valence-corrected chi connectivity index (χ2v) is 6.37. The number of likely N-dealkylation sites (tertiary alicyclic amines) is 1. The molecule has 1 amide bonds. The van der Waals surface area contributed by atoms with E-state index in [1.54, 1.807) is 23.1 Å². The van der Waals surface area contributed by atoms with Gasteiger partial charge in [-0.15, -0.1) is 0 Å². The van der Waals surface area contributed by atoms with Gasteiger partial charge in [0, 0.05) is 30.6 Å². The minimum absolute atomic E-state index is 0.107. The highest BCUT2D eigenvalue weighted by Crippen LogP contribution is 2.23. The first-order valence-electron chi connectivity index (χ1n) is 8.51. The van der Waals surface area contributed by atoms with E-state index in [-0.39, 0.29) is 24.4 Å². The fraction of sp³-hybridized carbons (Fsp3) is 0.421. The van der Waals surface area contributed by atoms with Crippen LogP contribution in [0.15, 0.2) is 33.5 Å². The summed E-state index contributed by atoms with van der Waals surface area (Å²) in [5, 5.41) is 0.827. The highest BCUT2D eigenvalue weighted by atomic mass is 16.5. The van der Waals surface area contributed by atoms with Gasteiger partial charge in [0.25, 0.3) is 5.91 Å². The number of hydrogen-bond acceptors (Lipinski definition) is 6. The van der Waals surface area contributed by atoms with Crippen molar-refractivity contribution in [3.63, 3.8) is 0 Å². The van der Waals surface area contributed by atoms with Crippen LogP contribution in [0.2, 0.25) is 0 Å². The molecular weight excluding hydrogens is 338 g/mol. The average molecular weight is 359 g/mol. The summed E-state index contributed by atoms with van der Waals surface area (Å²) in [7, 11) is 1.38. The Hall–Kier alpha value is -2.83. The van der Waals surface area contributed by atoms with Crippen LogP contribution < -0.4 is 10.4 Å². The summed E-state index contributed by atoms with van der Waals surface area (Å²) in [5.41, 5.74) is 0.836. The predicted octanol–water partition coefficient (Wildman–Crippen LogP) is 1.89. The maximum absolute atomic E-state index is 12.3. The van der Waals surface area contributed by atoms with Gasteiger partial charge < -0.3 is 18.8 Å². The minimum atomic E-state index is -0.420. The van der Waals surface area contributed by atoms with Crippen LogP contribution in [0.3, 0.4) is 0 Å². The van der Waals surface area contributed by atoms with Gasteiger partial charge in [-0.2, -0.15) is 0 Å². The molecule has 7 heteroatoms. The van der Waals surface area contributed by atoms with Crippen LogP contribution in [0.4, 0.5) is 0 Å². The molecule has 1 fully saturated rings. The first kappa shape index (κ1) is 18.0. The molecule has 0 bridgehead atoms. The third kappa shape index (κ3) is 3.87. The van der Waals surface area contributed by atoms with Gasteiger partial charge in [0.1, 0.15) is 11.3 Å². The number of carbonyl (C=O) groups is 2. The van der Waals surface area contributed by atoms with Gasteiger partial charge in [0.2, 0.25) is 0 Å². The highest BCUT2D eigenvalue weighted by Gasteiger charge is 2.27. The quantitative estimate of drug-likeness (QED) is 0.612. The summed E-state index contributed by atoms with van der Waals surface area (Å²) >= 11 is 0. The number of benzene rings is 1. The van der Waals surface area contributed by atoms with Crippen molar-refractivity contribution in [2.45, 2.75) is 19.8 Å². The van der Waals surface area contributed by atoms with Crippen LogP contribution >= 0.6 is 0 Å². The molecule has 7 nitrogen and oxygen atoms in total. The van der Waals surface area contributed by atoms with Crippen molar-refractivity contribution in [1.82, 2.24) is 4.90 Å². The van der Waals surface area contributed by atoms with E-state index < -0.39 is 5.63 Å². The molecule has 0 saturated carbocycles. The Labute approximate surface area is 150 Å². The Morgan fingerprint density at radius 3 is 2.65 bits per heavy atom. The molecule has 0 N–H and O–H groups in total. The first-order chi connectivity index (χ1) is 12.5. The third-order valence-electron chi connectivity index (χ3n) is 4.67. The molecule has 26 heavy (non-hydrogen) atoms. The molecule has 2 aromatic rings. The molecule has 1 aliphatic rings.